The number of carbonyl (C=O) groups excluding carboxylic acids is 1. The van der Waals surface area contributed by atoms with Crippen LogP contribution in [-0.2, 0) is 23.6 Å². The summed E-state index contributed by atoms with van der Waals surface area (Å²) in [6.45, 7) is 6.19. The summed E-state index contributed by atoms with van der Waals surface area (Å²) in [5.41, 5.74) is 0.0386. The second-order valence-corrected chi connectivity index (χ2v) is 17.2. The van der Waals surface area contributed by atoms with Gasteiger partial charge in [0.05, 0.1) is 0 Å². The molecule has 0 bridgehead atoms. The number of ether oxygens (including phenoxy) is 2. The van der Waals surface area contributed by atoms with Crippen LogP contribution < -0.4 is 0 Å². The molecule has 1 aromatic rings. The predicted molar refractivity (Wildman–Crippen MR) is 141 cm³/mol. The third-order valence-corrected chi connectivity index (χ3v) is 16.0. The molecule has 1 fully saturated rings. The number of carbonyl (C=O) groups is 1. The summed E-state index contributed by atoms with van der Waals surface area (Å²) in [4.78, 5) is 12.7. The van der Waals surface area contributed by atoms with Crippen LogP contribution in [0.4, 0.5) is 0 Å². The topological polar surface area (TPSA) is 82.2 Å². The Kier molecular flexibility index (Phi) is 11.5. The van der Waals surface area contributed by atoms with Crippen molar-refractivity contribution in [2.24, 2.45) is 0 Å². The minimum absolute atomic E-state index is 0.0386. The number of esters is 1. The summed E-state index contributed by atoms with van der Waals surface area (Å²) in [6, 6.07) is 6.29. The summed E-state index contributed by atoms with van der Waals surface area (Å²) in [6.07, 6.45) is 11.0. The Hall–Kier alpha value is -1.01. The molecule has 6 nitrogen and oxygen atoms in total. The standard InChI is InChI=1S/C26H45O6PS/c1-5-9-17-33(18-10-6-2,19-11-7-3,20-12-8-4)32-34(28,29)25-16-14-13-15-24(25)26(27)31-22-23-21-30-23/h13-16,23H,5-12,17-22H2,1-4H3. The Balaban J connectivity index is 2.51. The van der Waals surface area contributed by atoms with Gasteiger partial charge in [-0.15, -0.1) is 0 Å². The maximum absolute atomic E-state index is 14.0. The molecular weight excluding hydrogens is 471 g/mol. The number of unbranched alkanes of at least 4 members (excludes halogenated alkanes) is 4. The molecule has 1 unspecified atom stereocenters. The van der Waals surface area contributed by atoms with E-state index in [2.05, 4.69) is 27.7 Å². The average Bonchev–Trinajstić information content (AvgIpc) is 3.67. The van der Waals surface area contributed by atoms with Gasteiger partial charge < -0.3 is 0 Å². The van der Waals surface area contributed by atoms with Crippen LogP contribution in [-0.4, -0.2) is 58.4 Å². The molecular formula is C26H45O6PS. The first-order valence-corrected chi connectivity index (χ1v) is 17.4. The fourth-order valence-corrected chi connectivity index (χ4v) is 14.8. The molecule has 0 spiro atoms. The quantitative estimate of drug-likeness (QED) is 0.124. The summed E-state index contributed by atoms with van der Waals surface area (Å²) < 4.78 is 45.0. The summed E-state index contributed by atoms with van der Waals surface area (Å²) in [7, 11) is -4.17. The van der Waals surface area contributed by atoms with Gasteiger partial charge >= 0.3 is 207 Å². The van der Waals surface area contributed by atoms with Crippen molar-refractivity contribution in [1.82, 2.24) is 0 Å². The van der Waals surface area contributed by atoms with E-state index < -0.39 is 22.9 Å². The van der Waals surface area contributed by atoms with Crippen LogP contribution in [0.2, 0.25) is 0 Å². The van der Waals surface area contributed by atoms with E-state index in [9.17, 15) is 13.2 Å². The van der Waals surface area contributed by atoms with Gasteiger partial charge in [-0.1, -0.05) is 0 Å². The molecule has 1 aromatic carbocycles. The van der Waals surface area contributed by atoms with E-state index in [1.165, 1.54) is 12.1 Å². The molecule has 196 valence electrons. The van der Waals surface area contributed by atoms with Gasteiger partial charge in [0, 0.05) is 0 Å². The van der Waals surface area contributed by atoms with Crippen molar-refractivity contribution in [1.29, 1.82) is 0 Å². The summed E-state index contributed by atoms with van der Waals surface area (Å²) >= 11 is 0. The number of benzene rings is 1. The molecule has 0 aliphatic carbocycles. The fourth-order valence-electron chi connectivity index (χ4n) is 4.63. The van der Waals surface area contributed by atoms with Crippen LogP contribution >= 0.6 is 6.83 Å². The Morgan fingerprint density at radius 2 is 1.38 bits per heavy atom. The third kappa shape index (κ3) is 8.01. The normalized spacial score (nSPS) is 17.2. The predicted octanol–water partition coefficient (Wildman–Crippen LogP) is 6.62. The first-order chi connectivity index (χ1) is 16.2. The summed E-state index contributed by atoms with van der Waals surface area (Å²) in [5, 5.41) is 0. The van der Waals surface area contributed by atoms with Crippen LogP contribution in [0.5, 0.6) is 0 Å². The molecule has 34 heavy (non-hydrogen) atoms. The van der Waals surface area contributed by atoms with Crippen LogP contribution in [0, 0.1) is 0 Å². The number of rotatable bonds is 18. The zero-order valence-corrected chi connectivity index (χ0v) is 23.3. The molecule has 0 saturated carbocycles. The first kappa shape index (κ1) is 29.2. The molecule has 0 radical (unpaired) electrons. The second kappa shape index (κ2) is 13.3. The zero-order valence-electron chi connectivity index (χ0n) is 21.6. The Morgan fingerprint density at radius 1 is 0.912 bits per heavy atom. The minimum atomic E-state index is -4.17. The van der Waals surface area contributed by atoms with Crippen LogP contribution in [0.3, 0.4) is 0 Å². The van der Waals surface area contributed by atoms with E-state index in [-0.39, 0.29) is 23.2 Å². The van der Waals surface area contributed by atoms with E-state index in [4.69, 9.17) is 13.4 Å². The molecule has 1 aliphatic heterocycles. The van der Waals surface area contributed by atoms with Crippen molar-refractivity contribution < 1.29 is 26.7 Å². The van der Waals surface area contributed by atoms with Gasteiger partial charge in [0.2, 0.25) is 0 Å². The van der Waals surface area contributed by atoms with Gasteiger partial charge in [0.1, 0.15) is 0 Å². The molecule has 0 amide bonds. The van der Waals surface area contributed by atoms with E-state index in [1.807, 2.05) is 0 Å². The molecule has 8 heteroatoms. The average molecular weight is 517 g/mol. The van der Waals surface area contributed by atoms with E-state index in [1.54, 1.807) is 12.1 Å². The number of hydrogen-bond donors (Lipinski definition) is 0. The van der Waals surface area contributed by atoms with Gasteiger partial charge in [-0.25, -0.2) is 0 Å². The molecule has 1 atom stereocenters. The number of epoxide rings is 1. The van der Waals surface area contributed by atoms with Gasteiger partial charge in [-0.05, 0) is 0 Å². The molecule has 1 saturated heterocycles. The zero-order chi connectivity index (χ0) is 25.1. The van der Waals surface area contributed by atoms with Crippen molar-refractivity contribution in [2.75, 3.05) is 37.9 Å². The molecule has 0 N–H and O–H groups in total. The van der Waals surface area contributed by atoms with Crippen LogP contribution in [0.15, 0.2) is 29.2 Å². The SMILES string of the molecule is CCCCP(CCCC)(CCCC)(CCCC)OS(=O)(=O)c1ccccc1C(=O)OCC1CO1. The van der Waals surface area contributed by atoms with Crippen LogP contribution in [0.1, 0.15) is 89.4 Å². The third-order valence-electron chi connectivity index (χ3n) is 6.80. The van der Waals surface area contributed by atoms with Gasteiger partial charge in [-0.3, -0.25) is 0 Å². The molecule has 1 heterocycles. The van der Waals surface area contributed by atoms with Crippen molar-refractivity contribution in [3.63, 3.8) is 0 Å². The Bertz CT molecular complexity index is 838. The van der Waals surface area contributed by atoms with Crippen molar-refractivity contribution in [2.45, 2.75) is 90.1 Å². The monoisotopic (exact) mass is 516 g/mol. The van der Waals surface area contributed by atoms with Crippen molar-refractivity contribution in [3.8, 4) is 0 Å². The van der Waals surface area contributed by atoms with Crippen molar-refractivity contribution >= 4 is 22.9 Å². The first-order valence-electron chi connectivity index (χ1n) is 13.1. The van der Waals surface area contributed by atoms with Gasteiger partial charge in [0.25, 0.3) is 0 Å². The van der Waals surface area contributed by atoms with Gasteiger partial charge in [0.15, 0.2) is 0 Å². The van der Waals surface area contributed by atoms with Crippen LogP contribution in [0.25, 0.3) is 0 Å². The molecule has 2 rings (SSSR count). The fraction of sp³-hybridized carbons (Fsp3) is 0.731. The van der Waals surface area contributed by atoms with E-state index in [0.717, 1.165) is 76.0 Å². The Labute approximate surface area is 207 Å². The molecule has 0 aromatic heterocycles. The maximum atomic E-state index is 14.0. The summed E-state index contributed by atoms with van der Waals surface area (Å²) in [5.74, 6) is -0.650. The van der Waals surface area contributed by atoms with E-state index >= 15 is 0 Å². The Morgan fingerprint density at radius 3 is 1.82 bits per heavy atom. The van der Waals surface area contributed by atoms with E-state index in [0.29, 0.717) is 6.61 Å². The second-order valence-electron chi connectivity index (χ2n) is 9.75. The van der Waals surface area contributed by atoms with Crippen molar-refractivity contribution in [3.05, 3.63) is 29.8 Å². The number of hydrogen-bond acceptors (Lipinski definition) is 6. The molecule has 1 aliphatic rings. The van der Waals surface area contributed by atoms with Gasteiger partial charge in [-0.2, -0.15) is 0 Å².